The van der Waals surface area contributed by atoms with Gasteiger partial charge in [-0.1, -0.05) is 49.7 Å². The first-order valence-corrected chi connectivity index (χ1v) is 20.4. The summed E-state index contributed by atoms with van der Waals surface area (Å²) >= 11 is 0. The number of unbranched alkanes of at least 4 members (excludes halogenated alkanes) is 1. The van der Waals surface area contributed by atoms with Gasteiger partial charge in [0.1, 0.15) is 56.1 Å². The Balaban J connectivity index is 2.33. The van der Waals surface area contributed by atoms with E-state index in [0.29, 0.717) is 12.7 Å². The van der Waals surface area contributed by atoms with E-state index in [4.69, 9.17) is 47.4 Å². The molecule has 9 atom stereocenters. The SMILES string of the molecule is CCCCO[C@H]1OC(COC(=O)c2ccccc2)[C@@H](O[C@H](O/C=C\OC(C)=O)C(NC(=O)c2ccccc2C=O)[C@H](COC(C)=O)OC(C)=O)[C@H](O[C@H](C)CC(=O)OC)C1NC(C)=O. The molecule has 0 saturated carbocycles. The van der Waals surface area contributed by atoms with E-state index in [2.05, 4.69) is 10.6 Å². The molecule has 20 nitrogen and oxygen atoms in total. The summed E-state index contributed by atoms with van der Waals surface area (Å²) in [6, 6.07) is 10.8. The highest BCUT2D eigenvalue weighted by atomic mass is 16.7. The molecule has 3 unspecified atom stereocenters. The predicted octanol–water partition coefficient (Wildman–Crippen LogP) is 3.09. The Morgan fingerprint density at radius 2 is 1.55 bits per heavy atom. The normalized spacial score (nSPS) is 20.0. The van der Waals surface area contributed by atoms with Gasteiger partial charge in [-0.2, -0.15) is 0 Å². The molecule has 20 heteroatoms. The van der Waals surface area contributed by atoms with Crippen molar-refractivity contribution >= 4 is 47.9 Å². The minimum Gasteiger partial charge on any atom is -0.469 e. The second-order valence-electron chi connectivity index (χ2n) is 14.3. The number of ether oxygens (including phenoxy) is 10. The average Bonchev–Trinajstić information content (AvgIpc) is 3.26. The van der Waals surface area contributed by atoms with Crippen LogP contribution in [0.4, 0.5) is 0 Å². The topological polar surface area (TPSA) is 253 Å². The van der Waals surface area contributed by atoms with Crippen LogP contribution in [0.2, 0.25) is 0 Å². The van der Waals surface area contributed by atoms with Gasteiger partial charge in [-0.25, -0.2) is 4.79 Å². The lowest BCUT2D eigenvalue weighted by Crippen LogP contribution is -2.68. The van der Waals surface area contributed by atoms with Crippen molar-refractivity contribution in [1.82, 2.24) is 10.6 Å². The third-order valence-corrected chi connectivity index (χ3v) is 9.14. The molecular formula is C44H56N2O18. The van der Waals surface area contributed by atoms with Crippen molar-refractivity contribution in [3.63, 3.8) is 0 Å². The fourth-order valence-electron chi connectivity index (χ4n) is 6.27. The van der Waals surface area contributed by atoms with E-state index < -0.39 is 110 Å². The molecule has 1 fully saturated rings. The molecule has 3 rings (SSSR count). The lowest BCUT2D eigenvalue weighted by Gasteiger charge is -2.48. The van der Waals surface area contributed by atoms with E-state index in [1.807, 2.05) is 6.92 Å². The Hall–Kier alpha value is -6.22. The summed E-state index contributed by atoms with van der Waals surface area (Å²) in [6.07, 6.45) is -6.94. The predicted molar refractivity (Wildman–Crippen MR) is 221 cm³/mol. The third kappa shape index (κ3) is 17.2. The van der Waals surface area contributed by atoms with Gasteiger partial charge in [-0.05, 0) is 31.5 Å². The highest BCUT2D eigenvalue weighted by Gasteiger charge is 2.52. The van der Waals surface area contributed by atoms with Crippen molar-refractivity contribution < 1.29 is 85.7 Å². The van der Waals surface area contributed by atoms with Crippen molar-refractivity contribution in [3.8, 4) is 0 Å². The Labute approximate surface area is 370 Å². The highest BCUT2D eigenvalue weighted by molar-refractivity contribution is 6.01. The van der Waals surface area contributed by atoms with Gasteiger partial charge in [0.15, 0.2) is 18.7 Å². The number of nitrogens with one attached hydrogen (secondary N) is 2. The van der Waals surface area contributed by atoms with Crippen LogP contribution in [-0.4, -0.2) is 130 Å². The van der Waals surface area contributed by atoms with Gasteiger partial charge in [-0.15, -0.1) is 0 Å². The van der Waals surface area contributed by atoms with Gasteiger partial charge in [0.25, 0.3) is 5.91 Å². The molecule has 0 spiro atoms. The Kier molecular flexibility index (Phi) is 22.1. The highest BCUT2D eigenvalue weighted by Crippen LogP contribution is 2.31. The number of rotatable bonds is 25. The Morgan fingerprint density at radius 3 is 2.17 bits per heavy atom. The smallest absolute Gasteiger partial charge is 0.338 e. The fraction of sp³-hybridized carbons (Fsp3) is 0.500. The van der Waals surface area contributed by atoms with Gasteiger partial charge in [0, 0.05) is 45.4 Å². The summed E-state index contributed by atoms with van der Waals surface area (Å²) in [7, 11) is 1.19. The van der Waals surface area contributed by atoms with E-state index in [9.17, 15) is 38.4 Å². The van der Waals surface area contributed by atoms with Crippen LogP contribution in [0.15, 0.2) is 67.1 Å². The summed E-state index contributed by atoms with van der Waals surface area (Å²) in [5, 5.41) is 5.44. The molecule has 0 aliphatic carbocycles. The number of carbonyl (C=O) groups is 8. The van der Waals surface area contributed by atoms with E-state index in [1.54, 1.807) is 25.1 Å². The van der Waals surface area contributed by atoms with Crippen LogP contribution in [0.1, 0.15) is 91.9 Å². The molecule has 0 radical (unpaired) electrons. The molecule has 0 bridgehead atoms. The van der Waals surface area contributed by atoms with Crippen molar-refractivity contribution in [3.05, 3.63) is 83.8 Å². The molecule has 1 aliphatic heterocycles. The van der Waals surface area contributed by atoms with Crippen molar-refractivity contribution in [2.75, 3.05) is 26.9 Å². The zero-order valence-corrected chi connectivity index (χ0v) is 36.7. The molecule has 1 saturated heterocycles. The van der Waals surface area contributed by atoms with Crippen LogP contribution in [-0.2, 0) is 71.3 Å². The van der Waals surface area contributed by atoms with Gasteiger partial charge in [-0.3, -0.25) is 33.6 Å². The third-order valence-electron chi connectivity index (χ3n) is 9.14. The summed E-state index contributed by atoms with van der Waals surface area (Å²) < 4.78 is 58.2. The molecule has 2 amide bonds. The van der Waals surface area contributed by atoms with Crippen LogP contribution in [0, 0.1) is 0 Å². The van der Waals surface area contributed by atoms with Crippen molar-refractivity contribution in [2.45, 2.75) is 116 Å². The van der Waals surface area contributed by atoms with Crippen molar-refractivity contribution in [1.29, 1.82) is 0 Å². The van der Waals surface area contributed by atoms with Crippen LogP contribution in [0.5, 0.6) is 0 Å². The molecule has 2 N–H and O–H groups in total. The number of methoxy groups -OCH3 is 1. The minimum absolute atomic E-state index is 0.0304. The second kappa shape index (κ2) is 27.1. The first-order valence-electron chi connectivity index (χ1n) is 20.4. The lowest BCUT2D eigenvalue weighted by atomic mass is 9.95. The number of amides is 2. The monoisotopic (exact) mass is 900 g/mol. The van der Waals surface area contributed by atoms with Gasteiger partial charge in [0.05, 0.1) is 25.2 Å². The molecule has 350 valence electrons. The zero-order chi connectivity index (χ0) is 47.2. The second-order valence-corrected chi connectivity index (χ2v) is 14.3. The number of esters is 5. The van der Waals surface area contributed by atoms with E-state index >= 15 is 0 Å². The summed E-state index contributed by atoms with van der Waals surface area (Å²) in [6.45, 7) is 6.85. The molecule has 0 aromatic heterocycles. The van der Waals surface area contributed by atoms with Gasteiger partial charge < -0.3 is 58.0 Å². The van der Waals surface area contributed by atoms with E-state index in [-0.39, 0.29) is 29.7 Å². The molecule has 2 aromatic carbocycles. The Morgan fingerprint density at radius 1 is 0.844 bits per heavy atom. The van der Waals surface area contributed by atoms with E-state index in [1.165, 1.54) is 50.4 Å². The maximum absolute atomic E-state index is 14.1. The van der Waals surface area contributed by atoms with Gasteiger partial charge in [0.2, 0.25) is 12.2 Å². The number of carbonyl (C=O) groups excluding carboxylic acids is 8. The van der Waals surface area contributed by atoms with Gasteiger partial charge >= 0.3 is 29.8 Å². The first kappa shape index (κ1) is 52.1. The number of hydrogen-bond donors (Lipinski definition) is 2. The molecule has 1 aliphatic rings. The summed E-state index contributed by atoms with van der Waals surface area (Å²) in [4.78, 5) is 101. The quantitative estimate of drug-likeness (QED) is 0.0363. The van der Waals surface area contributed by atoms with Crippen LogP contribution in [0.3, 0.4) is 0 Å². The number of hydrogen-bond acceptors (Lipinski definition) is 18. The Bertz CT molecular complexity index is 1910. The lowest BCUT2D eigenvalue weighted by molar-refractivity contribution is -0.313. The van der Waals surface area contributed by atoms with E-state index in [0.717, 1.165) is 39.7 Å². The fourth-order valence-corrected chi connectivity index (χ4v) is 6.27. The summed E-state index contributed by atoms with van der Waals surface area (Å²) in [5.74, 6) is -5.35. The first-order chi connectivity index (χ1) is 30.6. The zero-order valence-electron chi connectivity index (χ0n) is 36.7. The molecule has 2 aromatic rings. The van der Waals surface area contributed by atoms with Crippen LogP contribution >= 0.6 is 0 Å². The molecule has 1 heterocycles. The average molecular weight is 901 g/mol. The molecular weight excluding hydrogens is 844 g/mol. The minimum atomic E-state index is -1.91. The molecule has 64 heavy (non-hydrogen) atoms. The van der Waals surface area contributed by atoms with Crippen LogP contribution in [0.25, 0.3) is 0 Å². The maximum atomic E-state index is 14.1. The number of benzene rings is 2. The summed E-state index contributed by atoms with van der Waals surface area (Å²) in [5.41, 5.74) is 0.0253. The number of aldehydes is 1. The van der Waals surface area contributed by atoms with Crippen LogP contribution < -0.4 is 10.6 Å². The maximum Gasteiger partial charge on any atom is 0.338 e. The largest absolute Gasteiger partial charge is 0.469 e. The standard InChI is InChI=1S/C44H56N2O18/c1-8-9-19-57-44-38(45-27(3)48)40(61-26(2)22-36(52)55-7)39(35(63-44)25-60-42(54)31-15-11-10-12-16-31)64-43(58-21-20-56-28(4)49)37(34(62-30(6)51)24-59-29(5)50)46-41(53)33-18-14-13-17-32(33)23-47/h10-18,20-21,23,26,34-35,37-40,43-44H,8-9,19,22,24-25H2,1-7H3,(H,45,48)(H,46,53)/b21-20-/t26-,34+,35?,37?,38?,39-,40-,43+,44+/m1/s1. The van der Waals surface area contributed by atoms with Crippen molar-refractivity contribution in [2.24, 2.45) is 0 Å².